The van der Waals surface area contributed by atoms with Crippen molar-refractivity contribution in [2.24, 2.45) is 5.92 Å². The van der Waals surface area contributed by atoms with Crippen molar-refractivity contribution >= 4 is 11.6 Å². The molecule has 0 amide bonds. The number of halogens is 1. The van der Waals surface area contributed by atoms with Crippen LogP contribution in [0.3, 0.4) is 0 Å². The fourth-order valence-electron chi connectivity index (χ4n) is 2.22. The lowest BCUT2D eigenvalue weighted by molar-refractivity contribution is 0.405. The normalized spacial score (nSPS) is 12.9. The minimum atomic E-state index is 0.434. The van der Waals surface area contributed by atoms with E-state index in [1.165, 1.54) is 31.2 Å². The molecule has 102 valence electrons. The lowest BCUT2D eigenvalue weighted by atomic mass is 9.96. The summed E-state index contributed by atoms with van der Waals surface area (Å²) in [6.45, 7) is 7.88. The van der Waals surface area contributed by atoms with E-state index in [4.69, 9.17) is 11.6 Å². The van der Waals surface area contributed by atoms with E-state index in [0.717, 1.165) is 11.6 Å². The quantitative estimate of drug-likeness (QED) is 0.638. The van der Waals surface area contributed by atoms with E-state index < -0.39 is 0 Å². The number of hydrogen-bond acceptors (Lipinski definition) is 1. The maximum Gasteiger partial charge on any atom is 0.0406 e. The molecule has 1 atom stereocenters. The molecule has 0 bridgehead atoms. The molecule has 0 aliphatic carbocycles. The van der Waals surface area contributed by atoms with Gasteiger partial charge in [0, 0.05) is 11.1 Å². The number of benzene rings is 1. The minimum absolute atomic E-state index is 0.434. The van der Waals surface area contributed by atoms with Gasteiger partial charge in [-0.3, -0.25) is 0 Å². The molecule has 1 aromatic carbocycles. The van der Waals surface area contributed by atoms with Gasteiger partial charge in [0.1, 0.15) is 0 Å². The van der Waals surface area contributed by atoms with Gasteiger partial charge in [-0.15, -0.1) is 0 Å². The zero-order valence-corrected chi connectivity index (χ0v) is 12.6. The lowest BCUT2D eigenvalue weighted by Gasteiger charge is -2.23. The Morgan fingerprint density at radius 2 is 1.72 bits per heavy atom. The van der Waals surface area contributed by atoms with Gasteiger partial charge in [0.2, 0.25) is 0 Å². The summed E-state index contributed by atoms with van der Waals surface area (Å²) < 4.78 is 0. The molecule has 1 rings (SSSR count). The predicted octanol–water partition coefficient (Wildman–Crippen LogP) is 5.21. The van der Waals surface area contributed by atoms with Crippen LogP contribution in [-0.4, -0.2) is 6.54 Å². The Hall–Kier alpha value is -0.530. The molecule has 0 saturated carbocycles. The largest absolute Gasteiger partial charge is 0.310 e. The third kappa shape index (κ3) is 5.41. The summed E-state index contributed by atoms with van der Waals surface area (Å²) in [5.74, 6) is 0.595. The fraction of sp³-hybridized carbons (Fsp3) is 0.625. The van der Waals surface area contributed by atoms with Gasteiger partial charge in [-0.05, 0) is 36.6 Å². The molecule has 1 aromatic rings. The SMILES string of the molecule is CCCCCCNC(c1ccc(Cl)cc1)C(C)C. The highest BCUT2D eigenvalue weighted by Crippen LogP contribution is 2.23. The van der Waals surface area contributed by atoms with E-state index in [1.54, 1.807) is 0 Å². The van der Waals surface area contributed by atoms with Crippen molar-refractivity contribution in [1.82, 2.24) is 5.32 Å². The molecule has 1 nitrogen and oxygen atoms in total. The fourth-order valence-corrected chi connectivity index (χ4v) is 2.34. The molecular weight excluding hydrogens is 242 g/mol. The van der Waals surface area contributed by atoms with Gasteiger partial charge in [0.15, 0.2) is 0 Å². The Labute approximate surface area is 117 Å². The van der Waals surface area contributed by atoms with E-state index in [2.05, 4.69) is 38.2 Å². The van der Waals surface area contributed by atoms with Gasteiger partial charge < -0.3 is 5.32 Å². The van der Waals surface area contributed by atoms with Crippen LogP contribution in [-0.2, 0) is 0 Å². The average Bonchev–Trinajstić information content (AvgIpc) is 2.35. The van der Waals surface area contributed by atoms with Crippen LogP contribution in [0, 0.1) is 5.92 Å². The average molecular weight is 268 g/mol. The van der Waals surface area contributed by atoms with Crippen LogP contribution in [0.2, 0.25) is 5.02 Å². The predicted molar refractivity (Wildman–Crippen MR) is 81.2 cm³/mol. The first-order chi connectivity index (χ1) is 8.65. The van der Waals surface area contributed by atoms with Gasteiger partial charge >= 0.3 is 0 Å². The second-order valence-electron chi connectivity index (χ2n) is 5.29. The van der Waals surface area contributed by atoms with E-state index in [1.807, 2.05) is 12.1 Å². The number of hydrogen-bond donors (Lipinski definition) is 1. The van der Waals surface area contributed by atoms with Gasteiger partial charge in [-0.2, -0.15) is 0 Å². The molecule has 0 radical (unpaired) electrons. The summed E-state index contributed by atoms with van der Waals surface area (Å²) in [5.41, 5.74) is 1.34. The Morgan fingerprint density at radius 1 is 1.06 bits per heavy atom. The van der Waals surface area contributed by atoms with Gasteiger partial charge in [-0.25, -0.2) is 0 Å². The third-order valence-electron chi connectivity index (χ3n) is 3.29. The second kappa shape index (κ2) is 8.55. The van der Waals surface area contributed by atoms with Crippen molar-refractivity contribution in [3.05, 3.63) is 34.9 Å². The summed E-state index contributed by atoms with van der Waals surface area (Å²) in [4.78, 5) is 0. The molecule has 0 saturated heterocycles. The van der Waals surface area contributed by atoms with Gasteiger partial charge in [0.05, 0.1) is 0 Å². The third-order valence-corrected chi connectivity index (χ3v) is 3.54. The van der Waals surface area contributed by atoms with Crippen molar-refractivity contribution in [2.75, 3.05) is 6.54 Å². The van der Waals surface area contributed by atoms with Crippen molar-refractivity contribution in [2.45, 2.75) is 52.5 Å². The topological polar surface area (TPSA) is 12.0 Å². The number of rotatable bonds is 8. The Morgan fingerprint density at radius 3 is 2.28 bits per heavy atom. The second-order valence-corrected chi connectivity index (χ2v) is 5.72. The Balaban J connectivity index is 2.47. The maximum atomic E-state index is 5.94. The number of nitrogens with one attached hydrogen (secondary N) is 1. The van der Waals surface area contributed by atoms with Crippen LogP contribution >= 0.6 is 11.6 Å². The smallest absolute Gasteiger partial charge is 0.0406 e. The molecule has 2 heteroatoms. The first-order valence-corrected chi connectivity index (χ1v) is 7.51. The molecule has 1 N–H and O–H groups in total. The molecule has 0 aliphatic heterocycles. The van der Waals surface area contributed by atoms with Crippen molar-refractivity contribution in [3.63, 3.8) is 0 Å². The van der Waals surface area contributed by atoms with Gasteiger partial charge in [0.25, 0.3) is 0 Å². The summed E-state index contributed by atoms with van der Waals surface area (Å²) in [5, 5.41) is 4.48. The molecule has 0 aromatic heterocycles. The van der Waals surface area contributed by atoms with Crippen LogP contribution in [0.1, 0.15) is 58.1 Å². The summed E-state index contributed by atoms with van der Waals surface area (Å²) >= 11 is 5.94. The molecule has 18 heavy (non-hydrogen) atoms. The lowest BCUT2D eigenvalue weighted by Crippen LogP contribution is -2.26. The first-order valence-electron chi connectivity index (χ1n) is 7.14. The summed E-state index contributed by atoms with van der Waals surface area (Å²) in [6.07, 6.45) is 5.24. The first kappa shape index (κ1) is 15.5. The van der Waals surface area contributed by atoms with Crippen LogP contribution in [0.4, 0.5) is 0 Å². The highest BCUT2D eigenvalue weighted by molar-refractivity contribution is 6.30. The number of unbranched alkanes of at least 4 members (excludes halogenated alkanes) is 3. The molecule has 0 spiro atoms. The molecule has 0 aliphatic rings. The molecular formula is C16H26ClN. The van der Waals surface area contributed by atoms with E-state index in [9.17, 15) is 0 Å². The Bertz CT molecular complexity index is 318. The molecule has 0 fully saturated rings. The Kier molecular flexibility index (Phi) is 7.38. The van der Waals surface area contributed by atoms with Crippen molar-refractivity contribution in [3.8, 4) is 0 Å². The van der Waals surface area contributed by atoms with E-state index >= 15 is 0 Å². The van der Waals surface area contributed by atoms with Crippen molar-refractivity contribution in [1.29, 1.82) is 0 Å². The highest BCUT2D eigenvalue weighted by atomic mass is 35.5. The summed E-state index contributed by atoms with van der Waals surface area (Å²) in [6, 6.07) is 8.65. The molecule has 1 unspecified atom stereocenters. The van der Waals surface area contributed by atoms with E-state index in [0.29, 0.717) is 12.0 Å². The van der Waals surface area contributed by atoms with Crippen LogP contribution < -0.4 is 5.32 Å². The maximum absolute atomic E-state index is 5.94. The van der Waals surface area contributed by atoms with Crippen LogP contribution in [0.25, 0.3) is 0 Å². The zero-order valence-electron chi connectivity index (χ0n) is 11.9. The van der Waals surface area contributed by atoms with Crippen molar-refractivity contribution < 1.29 is 0 Å². The highest BCUT2D eigenvalue weighted by Gasteiger charge is 2.14. The van der Waals surface area contributed by atoms with Crippen LogP contribution in [0.5, 0.6) is 0 Å². The molecule has 0 heterocycles. The van der Waals surface area contributed by atoms with Crippen LogP contribution in [0.15, 0.2) is 24.3 Å². The standard InChI is InChI=1S/C16H26ClN/c1-4-5-6-7-12-18-16(13(2)3)14-8-10-15(17)11-9-14/h8-11,13,16,18H,4-7,12H2,1-3H3. The minimum Gasteiger partial charge on any atom is -0.310 e. The monoisotopic (exact) mass is 267 g/mol. The summed E-state index contributed by atoms with van der Waals surface area (Å²) in [7, 11) is 0. The van der Waals surface area contributed by atoms with Gasteiger partial charge in [-0.1, -0.05) is 63.8 Å². The zero-order chi connectivity index (χ0) is 13.4. The van der Waals surface area contributed by atoms with E-state index in [-0.39, 0.29) is 0 Å².